The van der Waals surface area contributed by atoms with E-state index in [1.807, 2.05) is 0 Å². The van der Waals surface area contributed by atoms with Crippen LogP contribution in [0.3, 0.4) is 0 Å². The van der Waals surface area contributed by atoms with Gasteiger partial charge >= 0.3 is 0 Å². The number of halogens is 2. The fraction of sp³-hybridized carbons (Fsp3) is 0.417. The number of phenolic OH excluding ortho intramolecular Hbond substituents is 1. The molecule has 0 spiro atoms. The van der Waals surface area contributed by atoms with Gasteiger partial charge in [0, 0.05) is 16.0 Å². The summed E-state index contributed by atoms with van der Waals surface area (Å²) in [5.74, 6) is 0.316. The molecule has 17 heavy (non-hydrogen) atoms. The Bertz CT molecular complexity index is 409. The normalized spacial score (nSPS) is 12.5. The van der Waals surface area contributed by atoms with Crippen LogP contribution < -0.4 is 5.32 Å². The van der Waals surface area contributed by atoms with Crippen LogP contribution in [-0.2, 0) is 0 Å². The molecule has 1 unspecified atom stereocenters. The number of hydrogen-bond acceptors (Lipinski definition) is 2. The summed E-state index contributed by atoms with van der Waals surface area (Å²) < 4.78 is 1.45. The van der Waals surface area contributed by atoms with E-state index in [9.17, 15) is 9.90 Å². The minimum Gasteiger partial charge on any atom is -0.507 e. The summed E-state index contributed by atoms with van der Waals surface area (Å²) in [6.07, 6.45) is 0. The molecule has 0 fully saturated rings. The quantitative estimate of drug-likeness (QED) is 0.589. The van der Waals surface area contributed by atoms with Gasteiger partial charge in [-0.3, -0.25) is 4.79 Å². The molecule has 0 saturated carbocycles. The number of nitrogens with one attached hydrogen (secondary N) is 1. The molecule has 0 aliphatic heterocycles. The molecule has 94 valence electrons. The summed E-state index contributed by atoms with van der Waals surface area (Å²) in [4.78, 5) is 11.9. The second-order valence-electron chi connectivity index (χ2n) is 4.14. The highest BCUT2D eigenvalue weighted by Crippen LogP contribution is 2.24. The molecule has 1 rings (SSSR count). The van der Waals surface area contributed by atoms with Gasteiger partial charge in [-0.15, -0.1) is 0 Å². The van der Waals surface area contributed by atoms with Crippen molar-refractivity contribution in [3.05, 3.63) is 28.2 Å². The van der Waals surface area contributed by atoms with E-state index >= 15 is 0 Å². The van der Waals surface area contributed by atoms with E-state index in [0.29, 0.717) is 16.0 Å². The minimum absolute atomic E-state index is 0.0771. The van der Waals surface area contributed by atoms with Crippen molar-refractivity contribution in [1.82, 2.24) is 5.32 Å². The second-order valence-corrected chi connectivity index (χ2v) is 5.88. The molecule has 0 radical (unpaired) electrons. The maximum atomic E-state index is 11.9. The Morgan fingerprint density at radius 2 is 2.18 bits per heavy atom. The third-order valence-electron chi connectivity index (χ3n) is 2.50. The van der Waals surface area contributed by atoms with Crippen molar-refractivity contribution in [1.29, 1.82) is 0 Å². The number of rotatable bonds is 4. The maximum Gasteiger partial charge on any atom is 0.251 e. The summed E-state index contributed by atoms with van der Waals surface area (Å²) >= 11 is 5.44. The molecule has 0 heterocycles. The molecule has 0 aliphatic rings. The Labute approximate surface area is 123 Å². The average Bonchev–Trinajstić information content (AvgIpc) is 2.28. The zero-order valence-corrected chi connectivity index (χ0v) is 13.4. The third-order valence-corrected chi connectivity index (χ3v) is 4.12. The fourth-order valence-electron chi connectivity index (χ4n) is 1.29. The summed E-state index contributed by atoms with van der Waals surface area (Å²) in [6.45, 7) is 4.14. The Kier molecular flexibility index (Phi) is 5.72. The highest BCUT2D eigenvalue weighted by Gasteiger charge is 2.16. The average molecular weight is 412 g/mol. The van der Waals surface area contributed by atoms with Crippen LogP contribution >= 0.6 is 38.5 Å². The molecule has 1 aromatic rings. The van der Waals surface area contributed by atoms with E-state index in [2.05, 4.69) is 57.7 Å². The smallest absolute Gasteiger partial charge is 0.251 e. The molecular formula is C12H15BrINO2. The fourth-order valence-corrected chi connectivity index (χ4v) is 2.77. The lowest BCUT2D eigenvalue weighted by Crippen LogP contribution is -2.39. The molecule has 5 heteroatoms. The van der Waals surface area contributed by atoms with Crippen molar-refractivity contribution in [2.45, 2.75) is 19.9 Å². The molecule has 0 saturated heterocycles. The highest BCUT2D eigenvalue weighted by atomic mass is 127. The second kappa shape index (κ2) is 6.58. The van der Waals surface area contributed by atoms with Crippen molar-refractivity contribution >= 4 is 44.4 Å². The molecular weight excluding hydrogens is 397 g/mol. The van der Waals surface area contributed by atoms with Crippen LogP contribution in [0, 0.1) is 5.92 Å². The van der Waals surface area contributed by atoms with E-state index in [4.69, 9.17) is 0 Å². The van der Waals surface area contributed by atoms with E-state index in [-0.39, 0.29) is 17.7 Å². The largest absolute Gasteiger partial charge is 0.507 e. The van der Waals surface area contributed by atoms with Gasteiger partial charge in [0.25, 0.3) is 5.91 Å². The van der Waals surface area contributed by atoms with Gasteiger partial charge < -0.3 is 10.4 Å². The van der Waals surface area contributed by atoms with Crippen molar-refractivity contribution < 1.29 is 9.90 Å². The number of hydrogen-bond donors (Lipinski definition) is 2. The molecule has 0 bridgehead atoms. The van der Waals surface area contributed by atoms with E-state index < -0.39 is 0 Å². The van der Waals surface area contributed by atoms with Crippen LogP contribution in [0.25, 0.3) is 0 Å². The standard InChI is InChI=1S/C12H15BrINO2/c1-7(2)10(6-14)15-12(17)8-3-4-9(13)11(16)5-8/h3-5,7,10,16H,6H2,1-2H3,(H,15,17). The lowest BCUT2D eigenvalue weighted by molar-refractivity contribution is 0.0931. The van der Waals surface area contributed by atoms with Crippen LogP contribution in [0.15, 0.2) is 22.7 Å². The van der Waals surface area contributed by atoms with Gasteiger partial charge in [0.05, 0.1) is 4.47 Å². The summed E-state index contributed by atoms with van der Waals surface area (Å²) in [6, 6.07) is 4.96. The zero-order chi connectivity index (χ0) is 13.0. The first kappa shape index (κ1) is 14.8. The van der Waals surface area contributed by atoms with Gasteiger partial charge in [0.2, 0.25) is 0 Å². The van der Waals surface area contributed by atoms with Gasteiger partial charge in [-0.25, -0.2) is 0 Å². The number of carbonyl (C=O) groups excluding carboxylic acids is 1. The number of aromatic hydroxyl groups is 1. The summed E-state index contributed by atoms with van der Waals surface area (Å²) in [7, 11) is 0. The molecule has 1 atom stereocenters. The van der Waals surface area contributed by atoms with Crippen LogP contribution in [0.5, 0.6) is 5.75 Å². The lowest BCUT2D eigenvalue weighted by atomic mass is 10.1. The van der Waals surface area contributed by atoms with Crippen LogP contribution in [0.4, 0.5) is 0 Å². The molecule has 3 nitrogen and oxygen atoms in total. The number of amides is 1. The molecule has 2 N–H and O–H groups in total. The Morgan fingerprint density at radius 3 is 2.65 bits per heavy atom. The monoisotopic (exact) mass is 411 g/mol. The summed E-state index contributed by atoms with van der Waals surface area (Å²) in [5.41, 5.74) is 0.473. The van der Waals surface area contributed by atoms with E-state index in [0.717, 1.165) is 4.43 Å². The number of phenols is 1. The maximum absolute atomic E-state index is 11.9. The van der Waals surface area contributed by atoms with E-state index in [1.165, 1.54) is 6.07 Å². The predicted octanol–water partition coefficient (Wildman–Crippen LogP) is 3.34. The third kappa shape index (κ3) is 4.13. The Hall–Kier alpha value is -0.300. The first-order valence-electron chi connectivity index (χ1n) is 5.31. The topological polar surface area (TPSA) is 49.3 Å². The van der Waals surface area contributed by atoms with Crippen molar-refractivity contribution in [3.8, 4) is 5.75 Å². The summed E-state index contributed by atoms with van der Waals surface area (Å²) in [5, 5.41) is 12.5. The highest BCUT2D eigenvalue weighted by molar-refractivity contribution is 14.1. The van der Waals surface area contributed by atoms with Gasteiger partial charge in [-0.05, 0) is 40.0 Å². The van der Waals surface area contributed by atoms with Gasteiger partial charge in [-0.1, -0.05) is 36.4 Å². The first-order chi connectivity index (χ1) is 7.95. The minimum atomic E-state index is -0.150. The predicted molar refractivity (Wildman–Crippen MR) is 80.8 cm³/mol. The van der Waals surface area contributed by atoms with Gasteiger partial charge in [-0.2, -0.15) is 0 Å². The Balaban J connectivity index is 2.79. The van der Waals surface area contributed by atoms with Crippen molar-refractivity contribution in [2.75, 3.05) is 4.43 Å². The van der Waals surface area contributed by atoms with Gasteiger partial charge in [0.15, 0.2) is 0 Å². The molecule has 0 aliphatic carbocycles. The Morgan fingerprint density at radius 1 is 1.53 bits per heavy atom. The van der Waals surface area contributed by atoms with Crippen molar-refractivity contribution in [3.63, 3.8) is 0 Å². The van der Waals surface area contributed by atoms with Gasteiger partial charge in [0.1, 0.15) is 5.75 Å². The molecule has 0 aromatic heterocycles. The molecule has 1 aromatic carbocycles. The number of alkyl halides is 1. The number of benzene rings is 1. The van der Waals surface area contributed by atoms with Crippen molar-refractivity contribution in [2.24, 2.45) is 5.92 Å². The van der Waals surface area contributed by atoms with Crippen LogP contribution in [0.1, 0.15) is 24.2 Å². The first-order valence-corrected chi connectivity index (χ1v) is 7.63. The lowest BCUT2D eigenvalue weighted by Gasteiger charge is -2.20. The zero-order valence-electron chi connectivity index (χ0n) is 9.71. The van der Waals surface area contributed by atoms with Crippen LogP contribution in [0.2, 0.25) is 0 Å². The SMILES string of the molecule is CC(C)C(CI)NC(=O)c1ccc(Br)c(O)c1. The van der Waals surface area contributed by atoms with Crippen LogP contribution in [-0.4, -0.2) is 21.5 Å². The van der Waals surface area contributed by atoms with E-state index in [1.54, 1.807) is 12.1 Å². The number of carbonyl (C=O) groups is 1. The molecule has 1 amide bonds.